The van der Waals surface area contributed by atoms with E-state index in [1.807, 2.05) is 43.0 Å². The molecule has 5 N–H and O–H groups in total. The predicted molar refractivity (Wildman–Crippen MR) is 248 cm³/mol. The van der Waals surface area contributed by atoms with Crippen LogP contribution >= 0.6 is 0 Å². The summed E-state index contributed by atoms with van der Waals surface area (Å²) in [6.07, 6.45) is 15.4. The number of unbranched alkanes of at least 4 members (excludes halogenated alkanes) is 2. The average Bonchev–Trinajstić information content (AvgIpc) is 3.60. The van der Waals surface area contributed by atoms with Crippen molar-refractivity contribution in [2.45, 2.75) is 80.9 Å². The van der Waals surface area contributed by atoms with Gasteiger partial charge in [-0.05, 0) is 94.3 Å². The summed E-state index contributed by atoms with van der Waals surface area (Å²) in [7, 11) is -9.48. The van der Waals surface area contributed by atoms with Crippen LogP contribution < -0.4 is 10.2 Å². The van der Waals surface area contributed by atoms with Gasteiger partial charge in [-0.15, -0.1) is 0 Å². The van der Waals surface area contributed by atoms with Gasteiger partial charge in [0.2, 0.25) is 5.69 Å². The van der Waals surface area contributed by atoms with Crippen LogP contribution in [0.5, 0.6) is 0 Å². The highest BCUT2D eigenvalue weighted by Gasteiger charge is 2.48. The van der Waals surface area contributed by atoms with Crippen molar-refractivity contribution in [3.63, 3.8) is 0 Å². The Labute approximate surface area is 382 Å². The monoisotopic (exact) mass is 964 g/mol. The van der Waals surface area contributed by atoms with E-state index in [-0.39, 0.29) is 42.2 Å². The zero-order valence-corrected chi connectivity index (χ0v) is 39.8. The lowest BCUT2D eigenvalue weighted by atomic mass is 9.75. The van der Waals surface area contributed by atoms with Gasteiger partial charge in [0.1, 0.15) is 12.5 Å². The number of ether oxygens (including phenoxy) is 2. The third-order valence-electron chi connectivity index (χ3n) is 11.8. The fourth-order valence-corrected chi connectivity index (χ4v) is 10.2. The van der Waals surface area contributed by atoms with E-state index in [4.69, 9.17) is 9.47 Å². The number of aliphatic carboxylic acids is 1. The van der Waals surface area contributed by atoms with E-state index in [0.29, 0.717) is 75.3 Å². The molecule has 2 aromatic carbocycles. The molecule has 4 rings (SSSR count). The smallest absolute Gasteiger partial charge is 0.303 e. The van der Waals surface area contributed by atoms with E-state index in [1.165, 1.54) is 19.2 Å². The Hall–Kier alpha value is -4.54. The number of carboxylic acids is 1. The number of methoxy groups -OCH3 is 2. The Morgan fingerprint density at radius 3 is 2.14 bits per heavy atom. The van der Waals surface area contributed by atoms with Gasteiger partial charge in [-0.25, -0.2) is 8.42 Å². The molecule has 2 aromatic rings. The molecule has 2 aliphatic heterocycles. The van der Waals surface area contributed by atoms with E-state index >= 15 is 0 Å². The van der Waals surface area contributed by atoms with Crippen LogP contribution in [0.15, 0.2) is 89.5 Å². The molecule has 65 heavy (non-hydrogen) atoms. The van der Waals surface area contributed by atoms with Gasteiger partial charge >= 0.3 is 5.97 Å². The Balaban J connectivity index is 1.73. The molecule has 0 fully saturated rings. The fraction of sp³-hybridized carbons (Fsp3) is 0.489. The lowest BCUT2D eigenvalue weighted by Gasteiger charge is -2.30. The molecule has 2 atom stereocenters. The van der Waals surface area contributed by atoms with E-state index in [9.17, 15) is 54.2 Å². The molecule has 0 saturated heterocycles. The number of nitrogens with zero attached hydrogens (tertiary/aromatic N) is 2. The van der Waals surface area contributed by atoms with Crippen LogP contribution in [0.25, 0.3) is 0 Å². The summed E-state index contributed by atoms with van der Waals surface area (Å²) in [6.45, 7) is 5.64. The standard InChI is InChI=1S/C45H61N3O14S3/c1-44(23-14-30-64(55,56)57)36-31-34(43(52)46-24-27-61-3)18-20-38(36)47(25-12-8-11-17-42(50)51)40(44)15-9-6-5-7-10-16-41-45(2,22-13-29-63(53,54)33-49)37-32-35(65(58,59)60)19-21-39(37)48(41)26-28-62-4/h5-7,9-10,15-16,18-21,31-32,49H,8,11-14,17,22-30,33H2,1-4H3,(H3-,46,50,51,52,55,56,57,58,59,60)/p+1. The Morgan fingerprint density at radius 1 is 0.800 bits per heavy atom. The molecular weight excluding hydrogens is 903 g/mol. The lowest BCUT2D eigenvalue weighted by Crippen LogP contribution is -2.32. The van der Waals surface area contributed by atoms with Crippen LogP contribution in [-0.2, 0) is 55.2 Å². The summed E-state index contributed by atoms with van der Waals surface area (Å²) >= 11 is 0. The number of amides is 1. The highest BCUT2D eigenvalue weighted by atomic mass is 32.2. The zero-order chi connectivity index (χ0) is 48.1. The number of nitrogens with one attached hydrogen (secondary N) is 1. The van der Waals surface area contributed by atoms with Gasteiger partial charge in [-0.2, -0.15) is 21.4 Å². The predicted octanol–water partition coefficient (Wildman–Crippen LogP) is 5.10. The molecule has 0 aliphatic carbocycles. The number of carbonyl (C=O) groups is 2. The van der Waals surface area contributed by atoms with Gasteiger partial charge in [0.25, 0.3) is 26.1 Å². The van der Waals surface area contributed by atoms with E-state index in [2.05, 4.69) is 9.89 Å². The summed E-state index contributed by atoms with van der Waals surface area (Å²) in [5.41, 5.74) is 3.07. The van der Waals surface area contributed by atoms with Crippen molar-refractivity contribution < 1.29 is 68.2 Å². The number of hydrogen-bond acceptors (Lipinski definition) is 12. The molecule has 20 heteroatoms. The van der Waals surface area contributed by atoms with E-state index < -0.39 is 58.6 Å². The molecule has 1 amide bonds. The van der Waals surface area contributed by atoms with Gasteiger partial charge in [0.05, 0.1) is 35.0 Å². The normalized spacial score (nSPS) is 19.6. The quantitative estimate of drug-likeness (QED) is 0.0338. The number of allylic oxidation sites excluding steroid dienone is 8. The number of rotatable bonds is 27. The maximum atomic E-state index is 13.2. The number of fused-ring (bicyclic) bond motifs is 2. The minimum absolute atomic E-state index is 0.0399. The molecule has 2 unspecified atom stereocenters. The second-order valence-corrected chi connectivity index (χ2v) is 21.6. The molecule has 2 aliphatic rings. The third kappa shape index (κ3) is 14.2. The number of anilines is 1. The first kappa shape index (κ1) is 53.1. The average molecular weight is 965 g/mol. The number of carbonyl (C=O) groups excluding carboxylic acids is 1. The number of hydrogen-bond donors (Lipinski definition) is 5. The molecule has 0 radical (unpaired) electrons. The molecule has 0 aromatic heterocycles. The number of aliphatic hydroxyl groups is 1. The first-order valence-corrected chi connectivity index (χ1v) is 26.1. The molecular formula is C45H62N3O14S3+. The second kappa shape index (κ2) is 23.3. The van der Waals surface area contributed by atoms with Crippen molar-refractivity contribution >= 4 is 59.0 Å². The number of carboxylic acid groups (broad SMARTS) is 1. The maximum absolute atomic E-state index is 13.2. The van der Waals surface area contributed by atoms with Crippen molar-refractivity contribution in [3.05, 3.63) is 101 Å². The Kier molecular flexibility index (Phi) is 19.0. The van der Waals surface area contributed by atoms with Gasteiger partial charge in [0.15, 0.2) is 15.5 Å². The molecule has 0 saturated carbocycles. The highest BCUT2D eigenvalue weighted by Crippen LogP contribution is 2.51. The first-order chi connectivity index (χ1) is 30.6. The van der Waals surface area contributed by atoms with Crippen LogP contribution in [0, 0.1) is 0 Å². The van der Waals surface area contributed by atoms with Crippen molar-refractivity contribution in [1.82, 2.24) is 5.32 Å². The first-order valence-electron chi connectivity index (χ1n) is 21.3. The lowest BCUT2D eigenvalue weighted by molar-refractivity contribution is -0.438. The van der Waals surface area contributed by atoms with Crippen LogP contribution in [0.4, 0.5) is 11.4 Å². The number of aliphatic hydroxyl groups excluding tert-OH is 1. The number of sulfone groups is 1. The molecule has 0 spiro atoms. The summed E-state index contributed by atoms with van der Waals surface area (Å²) in [6, 6.07) is 9.67. The van der Waals surface area contributed by atoms with E-state index in [1.54, 1.807) is 49.6 Å². The fourth-order valence-electron chi connectivity index (χ4n) is 8.47. The minimum atomic E-state index is -4.57. The van der Waals surface area contributed by atoms with Crippen LogP contribution in [0.2, 0.25) is 0 Å². The SMILES string of the molecule is COCCNC(=O)c1ccc2c(c1)C(C)(CCCS(=O)(=O)O)C(/C=C/C=C/C=C/C=C1/N(CCOC)c3ccc(S(=O)(=O)O)cc3C1(C)CCCS(=O)(=O)CO)=[N+]2CCCCCC(=O)O. The molecule has 17 nitrogen and oxygen atoms in total. The highest BCUT2D eigenvalue weighted by molar-refractivity contribution is 7.91. The third-order valence-corrected chi connectivity index (χ3v) is 14.7. The van der Waals surface area contributed by atoms with Crippen molar-refractivity contribution in [3.8, 4) is 0 Å². The Bertz CT molecular complexity index is 2530. The van der Waals surface area contributed by atoms with Crippen molar-refractivity contribution in [2.24, 2.45) is 0 Å². The topological polar surface area (TPSA) is 254 Å². The zero-order valence-electron chi connectivity index (χ0n) is 37.3. The van der Waals surface area contributed by atoms with Gasteiger partial charge in [-0.3, -0.25) is 18.7 Å². The van der Waals surface area contributed by atoms with Crippen molar-refractivity contribution in [2.75, 3.05) is 69.4 Å². The Morgan fingerprint density at radius 2 is 1.48 bits per heavy atom. The summed E-state index contributed by atoms with van der Waals surface area (Å²) in [4.78, 5) is 26.0. The minimum Gasteiger partial charge on any atom is -0.481 e. The molecule has 2 heterocycles. The van der Waals surface area contributed by atoms with Crippen LogP contribution in [0.3, 0.4) is 0 Å². The number of benzene rings is 2. The summed E-state index contributed by atoms with van der Waals surface area (Å²) in [5.74, 6) is -2.93. The summed E-state index contributed by atoms with van der Waals surface area (Å²) < 4.78 is 105. The van der Waals surface area contributed by atoms with Crippen LogP contribution in [-0.4, -0.2) is 131 Å². The van der Waals surface area contributed by atoms with Crippen molar-refractivity contribution in [1.29, 1.82) is 0 Å². The van der Waals surface area contributed by atoms with Gasteiger partial charge in [0, 0.05) is 80.2 Å². The van der Waals surface area contributed by atoms with Gasteiger partial charge in [-0.1, -0.05) is 30.4 Å². The summed E-state index contributed by atoms with van der Waals surface area (Å²) in [5, 5.41) is 21.4. The molecule has 358 valence electrons. The largest absolute Gasteiger partial charge is 0.481 e. The molecule has 0 bridgehead atoms. The van der Waals surface area contributed by atoms with Crippen LogP contribution in [0.1, 0.15) is 86.7 Å². The van der Waals surface area contributed by atoms with Gasteiger partial charge < -0.3 is 29.9 Å². The maximum Gasteiger partial charge on any atom is 0.303 e. The van der Waals surface area contributed by atoms with E-state index in [0.717, 1.165) is 22.7 Å². The second-order valence-electron chi connectivity index (χ2n) is 16.4.